The van der Waals surface area contributed by atoms with Crippen LogP contribution in [-0.4, -0.2) is 22.2 Å². The molecule has 1 amide bonds. The molecule has 0 aliphatic heterocycles. The Bertz CT molecular complexity index is 799. The molecule has 1 aliphatic carbocycles. The van der Waals surface area contributed by atoms with E-state index in [0.29, 0.717) is 5.69 Å². The quantitative estimate of drug-likeness (QED) is 0.803. The van der Waals surface area contributed by atoms with Crippen LogP contribution in [0.1, 0.15) is 40.5 Å². The number of halogens is 5. The number of amides is 1. The Hall–Kier alpha value is -2.09. The summed E-state index contributed by atoms with van der Waals surface area (Å²) < 4.78 is 52.7. The molecule has 0 spiro atoms. The number of carbonyl (C=O) groups is 1. The highest BCUT2D eigenvalue weighted by molar-refractivity contribution is 6.33. The average molecular weight is 376 g/mol. The van der Waals surface area contributed by atoms with E-state index in [4.69, 9.17) is 11.6 Å². The van der Waals surface area contributed by atoms with Gasteiger partial charge in [0.15, 0.2) is 5.69 Å². The Balaban J connectivity index is 1.65. The van der Waals surface area contributed by atoms with Crippen LogP contribution in [0.2, 0.25) is 5.02 Å². The summed E-state index contributed by atoms with van der Waals surface area (Å²) in [6, 6.07) is 4.44. The van der Waals surface area contributed by atoms with Crippen LogP contribution in [-0.2, 0) is 12.7 Å². The number of nitrogens with zero attached hydrogens (tertiary/aromatic N) is 2. The molecule has 4 nitrogen and oxygen atoms in total. The fourth-order valence-corrected chi connectivity index (χ4v) is 2.75. The maximum Gasteiger partial charge on any atom is 0.435 e. The van der Waals surface area contributed by atoms with Crippen LogP contribution in [0.4, 0.5) is 17.6 Å². The molecule has 1 fully saturated rings. The van der Waals surface area contributed by atoms with Crippen molar-refractivity contribution in [2.75, 3.05) is 6.54 Å². The summed E-state index contributed by atoms with van der Waals surface area (Å²) in [6.45, 7) is 0.178. The van der Waals surface area contributed by atoms with E-state index < -0.39 is 23.6 Å². The van der Waals surface area contributed by atoms with Gasteiger partial charge in [-0.3, -0.25) is 9.48 Å². The smallest absolute Gasteiger partial charge is 0.350 e. The summed E-state index contributed by atoms with van der Waals surface area (Å²) in [5.74, 6) is -1.00. The van der Waals surface area contributed by atoms with Gasteiger partial charge in [-0.25, -0.2) is 4.39 Å². The molecular weight excluding hydrogens is 362 g/mol. The minimum atomic E-state index is -4.50. The second-order valence-electron chi connectivity index (χ2n) is 5.83. The predicted molar refractivity (Wildman–Crippen MR) is 82.9 cm³/mol. The van der Waals surface area contributed by atoms with Gasteiger partial charge in [-0.15, -0.1) is 0 Å². The zero-order chi connectivity index (χ0) is 18.2. The van der Waals surface area contributed by atoms with Crippen molar-refractivity contribution in [2.24, 2.45) is 0 Å². The predicted octanol–water partition coefficient (Wildman–Crippen LogP) is 4.00. The molecule has 9 heteroatoms. The molecule has 1 heterocycles. The Morgan fingerprint density at radius 3 is 2.64 bits per heavy atom. The molecule has 0 radical (unpaired) electrons. The second kappa shape index (κ2) is 6.67. The highest BCUT2D eigenvalue weighted by Crippen LogP contribution is 2.42. The van der Waals surface area contributed by atoms with Crippen LogP contribution in [0.15, 0.2) is 24.3 Å². The number of alkyl halides is 3. The molecule has 1 saturated carbocycles. The van der Waals surface area contributed by atoms with Crippen molar-refractivity contribution in [1.82, 2.24) is 15.1 Å². The van der Waals surface area contributed by atoms with Gasteiger partial charge >= 0.3 is 6.18 Å². The maximum atomic E-state index is 13.0. The first kappa shape index (κ1) is 17.7. The fourth-order valence-electron chi connectivity index (χ4n) is 2.50. The number of hydrogen-bond acceptors (Lipinski definition) is 2. The lowest BCUT2D eigenvalue weighted by atomic mass is 10.2. The summed E-state index contributed by atoms with van der Waals surface area (Å²) in [7, 11) is 0. The van der Waals surface area contributed by atoms with E-state index in [2.05, 4.69) is 10.4 Å². The fraction of sp³-hybridized carbons (Fsp3) is 0.375. The normalized spacial score (nSPS) is 14.6. The summed E-state index contributed by atoms with van der Waals surface area (Å²) in [5.41, 5.74) is -0.300. The number of benzene rings is 1. The molecule has 1 N–H and O–H groups in total. The highest BCUT2D eigenvalue weighted by Gasteiger charge is 2.37. The van der Waals surface area contributed by atoms with Gasteiger partial charge in [-0.1, -0.05) is 11.6 Å². The summed E-state index contributed by atoms with van der Waals surface area (Å²) in [4.78, 5) is 12.0. The van der Waals surface area contributed by atoms with E-state index in [9.17, 15) is 22.4 Å². The number of carbonyl (C=O) groups excluding carboxylic acids is 1. The molecular formula is C16H14ClF4N3O. The monoisotopic (exact) mass is 375 g/mol. The first-order chi connectivity index (χ1) is 11.8. The third-order valence-electron chi connectivity index (χ3n) is 3.88. The van der Waals surface area contributed by atoms with Crippen molar-refractivity contribution in [3.05, 3.63) is 52.1 Å². The number of nitrogens with one attached hydrogen (secondary N) is 1. The van der Waals surface area contributed by atoms with E-state index >= 15 is 0 Å². The van der Waals surface area contributed by atoms with Crippen molar-refractivity contribution < 1.29 is 22.4 Å². The van der Waals surface area contributed by atoms with Crippen molar-refractivity contribution in [3.63, 3.8) is 0 Å². The average Bonchev–Trinajstić information content (AvgIpc) is 3.26. The van der Waals surface area contributed by atoms with Crippen molar-refractivity contribution in [3.8, 4) is 0 Å². The Kier molecular flexibility index (Phi) is 4.73. The van der Waals surface area contributed by atoms with Gasteiger partial charge < -0.3 is 5.32 Å². The van der Waals surface area contributed by atoms with E-state index in [1.54, 1.807) is 0 Å². The van der Waals surface area contributed by atoms with E-state index in [1.165, 1.54) is 10.7 Å². The van der Waals surface area contributed by atoms with Crippen molar-refractivity contribution in [1.29, 1.82) is 0 Å². The third-order valence-corrected chi connectivity index (χ3v) is 4.19. The summed E-state index contributed by atoms with van der Waals surface area (Å²) in [5, 5.41) is 6.13. The third kappa shape index (κ3) is 4.12. The van der Waals surface area contributed by atoms with E-state index in [0.717, 1.165) is 31.0 Å². The van der Waals surface area contributed by atoms with Crippen LogP contribution >= 0.6 is 11.6 Å². The van der Waals surface area contributed by atoms with Crippen LogP contribution in [0.3, 0.4) is 0 Å². The Morgan fingerprint density at radius 1 is 1.32 bits per heavy atom. The van der Waals surface area contributed by atoms with Gasteiger partial charge in [-0.2, -0.15) is 18.3 Å². The summed E-state index contributed by atoms with van der Waals surface area (Å²) in [6.07, 6.45) is -2.83. The second-order valence-corrected chi connectivity index (χ2v) is 6.24. The minimum Gasteiger partial charge on any atom is -0.350 e. The SMILES string of the molecule is O=C(NCCn1nc(C(F)(F)F)cc1C1CC1)c1ccc(F)cc1Cl. The zero-order valence-corrected chi connectivity index (χ0v) is 13.7. The van der Waals surface area contributed by atoms with Gasteiger partial charge in [0.2, 0.25) is 0 Å². The minimum absolute atomic E-state index is 0.0328. The lowest BCUT2D eigenvalue weighted by Crippen LogP contribution is -2.28. The van der Waals surface area contributed by atoms with Crippen molar-refractivity contribution >= 4 is 17.5 Å². The molecule has 0 atom stereocenters. The molecule has 134 valence electrons. The van der Waals surface area contributed by atoms with Crippen LogP contribution in [0.5, 0.6) is 0 Å². The first-order valence-corrected chi connectivity index (χ1v) is 8.01. The number of rotatable bonds is 5. The highest BCUT2D eigenvalue weighted by atomic mass is 35.5. The Labute approximate surface area is 145 Å². The van der Waals surface area contributed by atoms with Crippen LogP contribution < -0.4 is 5.32 Å². The zero-order valence-electron chi connectivity index (χ0n) is 12.9. The molecule has 1 aromatic carbocycles. The number of hydrogen-bond donors (Lipinski definition) is 1. The van der Waals surface area contributed by atoms with Gasteiger partial charge in [0, 0.05) is 18.2 Å². The summed E-state index contributed by atoms with van der Waals surface area (Å²) >= 11 is 5.81. The molecule has 2 aromatic rings. The topological polar surface area (TPSA) is 46.9 Å². The molecule has 3 rings (SSSR count). The molecule has 0 unspecified atom stereocenters. The van der Waals surface area contributed by atoms with Crippen LogP contribution in [0, 0.1) is 5.82 Å². The molecule has 25 heavy (non-hydrogen) atoms. The molecule has 1 aromatic heterocycles. The number of aromatic nitrogens is 2. The van der Waals surface area contributed by atoms with E-state index in [1.807, 2.05) is 0 Å². The maximum absolute atomic E-state index is 13.0. The lowest BCUT2D eigenvalue weighted by Gasteiger charge is -2.09. The van der Waals surface area contributed by atoms with Gasteiger partial charge in [0.05, 0.1) is 17.1 Å². The van der Waals surface area contributed by atoms with E-state index in [-0.39, 0.29) is 29.6 Å². The van der Waals surface area contributed by atoms with Gasteiger partial charge in [0.25, 0.3) is 5.91 Å². The lowest BCUT2D eigenvalue weighted by molar-refractivity contribution is -0.141. The first-order valence-electron chi connectivity index (χ1n) is 7.64. The largest absolute Gasteiger partial charge is 0.435 e. The Morgan fingerprint density at radius 2 is 2.04 bits per heavy atom. The van der Waals surface area contributed by atoms with Crippen molar-refractivity contribution in [2.45, 2.75) is 31.5 Å². The van der Waals surface area contributed by atoms with Gasteiger partial charge in [0.1, 0.15) is 5.82 Å². The van der Waals surface area contributed by atoms with Crippen LogP contribution in [0.25, 0.3) is 0 Å². The molecule has 0 saturated heterocycles. The molecule has 0 bridgehead atoms. The standard InChI is InChI=1S/C16H14ClF4N3O/c17-12-7-10(18)3-4-11(12)15(25)22-5-6-24-13(9-1-2-9)8-14(23-24)16(19,20)21/h3-4,7-9H,1-2,5-6H2,(H,22,25). The molecule has 1 aliphatic rings. The van der Waals surface area contributed by atoms with Gasteiger partial charge in [-0.05, 0) is 37.1 Å².